The first-order chi connectivity index (χ1) is 15.0. The fourth-order valence-electron chi connectivity index (χ4n) is 3.51. The first-order valence-corrected chi connectivity index (χ1v) is 10.7. The highest BCUT2D eigenvalue weighted by atomic mass is 32.1. The molecule has 0 fully saturated rings. The SMILES string of the molecule is CCOC(=O)C(C#N)(c1cccs1)C(CC(=O)c1ccccc1)C(=O)c1ccccc1. The molecule has 2 atom stereocenters. The lowest BCUT2D eigenvalue weighted by atomic mass is 9.69. The largest absolute Gasteiger partial charge is 0.465 e. The maximum Gasteiger partial charge on any atom is 0.332 e. The molecule has 6 heteroatoms. The summed E-state index contributed by atoms with van der Waals surface area (Å²) in [6, 6.07) is 22.3. The molecule has 0 bridgehead atoms. The topological polar surface area (TPSA) is 84.2 Å². The Balaban J connectivity index is 2.16. The molecule has 5 nitrogen and oxygen atoms in total. The molecule has 0 aliphatic heterocycles. The van der Waals surface area contributed by atoms with Gasteiger partial charge in [0.25, 0.3) is 0 Å². The predicted molar refractivity (Wildman–Crippen MR) is 118 cm³/mol. The van der Waals surface area contributed by atoms with E-state index >= 15 is 0 Å². The normalized spacial score (nSPS) is 13.4. The molecular weight excluding hydrogens is 410 g/mol. The quantitative estimate of drug-likeness (QED) is 0.357. The van der Waals surface area contributed by atoms with E-state index in [1.807, 2.05) is 0 Å². The Hall–Kier alpha value is -3.56. The predicted octanol–water partition coefficient (Wildman–Crippen LogP) is 4.84. The molecule has 31 heavy (non-hydrogen) atoms. The molecule has 2 aromatic carbocycles. The summed E-state index contributed by atoms with van der Waals surface area (Å²) in [6.45, 7) is 1.68. The number of carbonyl (C=O) groups is 3. The van der Waals surface area contributed by atoms with Gasteiger partial charge in [-0.05, 0) is 18.4 Å². The second-order valence-electron chi connectivity index (χ2n) is 6.89. The van der Waals surface area contributed by atoms with E-state index in [2.05, 4.69) is 6.07 Å². The van der Waals surface area contributed by atoms with Crippen molar-refractivity contribution in [1.82, 2.24) is 0 Å². The maximum absolute atomic E-state index is 13.6. The molecule has 0 saturated carbocycles. The van der Waals surface area contributed by atoms with Crippen LogP contribution in [0.3, 0.4) is 0 Å². The van der Waals surface area contributed by atoms with Gasteiger partial charge in [-0.25, -0.2) is 4.79 Å². The second kappa shape index (κ2) is 9.96. The minimum atomic E-state index is -1.93. The van der Waals surface area contributed by atoms with Crippen LogP contribution in [-0.4, -0.2) is 24.1 Å². The lowest BCUT2D eigenvalue weighted by Gasteiger charge is -2.31. The summed E-state index contributed by atoms with van der Waals surface area (Å²) in [5.74, 6) is -2.84. The molecule has 3 aromatic rings. The summed E-state index contributed by atoms with van der Waals surface area (Å²) in [6.07, 6.45) is -0.304. The van der Waals surface area contributed by atoms with Gasteiger partial charge in [-0.3, -0.25) is 9.59 Å². The highest BCUT2D eigenvalue weighted by molar-refractivity contribution is 7.10. The van der Waals surface area contributed by atoms with Gasteiger partial charge in [-0.1, -0.05) is 66.7 Å². The summed E-state index contributed by atoms with van der Waals surface area (Å²) in [7, 11) is 0. The third kappa shape index (κ3) is 4.47. The van der Waals surface area contributed by atoms with E-state index in [4.69, 9.17) is 4.74 Å². The second-order valence-corrected chi connectivity index (χ2v) is 7.84. The van der Waals surface area contributed by atoms with Crippen LogP contribution in [0, 0.1) is 17.2 Å². The van der Waals surface area contributed by atoms with Crippen molar-refractivity contribution >= 4 is 28.9 Å². The van der Waals surface area contributed by atoms with E-state index in [0.717, 1.165) is 0 Å². The Morgan fingerprint density at radius 1 is 0.968 bits per heavy atom. The zero-order chi connectivity index (χ0) is 22.3. The summed E-state index contributed by atoms with van der Waals surface area (Å²) < 4.78 is 5.26. The zero-order valence-electron chi connectivity index (χ0n) is 17.0. The monoisotopic (exact) mass is 431 g/mol. The summed E-state index contributed by atoms with van der Waals surface area (Å²) >= 11 is 1.19. The van der Waals surface area contributed by atoms with Crippen LogP contribution >= 0.6 is 11.3 Å². The number of ether oxygens (including phenoxy) is 1. The average Bonchev–Trinajstić information content (AvgIpc) is 3.35. The van der Waals surface area contributed by atoms with E-state index in [0.29, 0.717) is 16.0 Å². The number of thiophene rings is 1. The third-order valence-electron chi connectivity index (χ3n) is 5.07. The minimum absolute atomic E-state index is 0.0481. The van der Waals surface area contributed by atoms with Crippen molar-refractivity contribution in [1.29, 1.82) is 5.26 Å². The van der Waals surface area contributed by atoms with Gasteiger partial charge in [-0.15, -0.1) is 11.3 Å². The van der Waals surface area contributed by atoms with Crippen molar-refractivity contribution < 1.29 is 19.1 Å². The summed E-state index contributed by atoms with van der Waals surface area (Å²) in [5, 5.41) is 12.0. The molecule has 3 rings (SSSR count). The van der Waals surface area contributed by atoms with E-state index in [-0.39, 0.29) is 18.8 Å². The van der Waals surface area contributed by atoms with Crippen LogP contribution in [0.1, 0.15) is 38.9 Å². The fraction of sp³-hybridized carbons (Fsp3) is 0.200. The number of rotatable bonds is 9. The van der Waals surface area contributed by atoms with Crippen LogP contribution in [0.15, 0.2) is 78.2 Å². The van der Waals surface area contributed by atoms with Gasteiger partial charge in [0.05, 0.1) is 18.6 Å². The van der Waals surface area contributed by atoms with Crippen molar-refractivity contribution in [3.63, 3.8) is 0 Å². The summed E-state index contributed by atoms with van der Waals surface area (Å²) in [5.41, 5.74) is -1.19. The van der Waals surface area contributed by atoms with Gasteiger partial charge in [0.2, 0.25) is 0 Å². The zero-order valence-corrected chi connectivity index (χ0v) is 17.8. The standard InChI is InChI=1S/C25H21NO4S/c1-2-30-24(29)25(17-26,22-14-9-15-31-22)20(23(28)19-12-7-4-8-13-19)16-21(27)18-10-5-3-6-11-18/h3-15,20H,2,16H2,1H3. The Morgan fingerprint density at radius 2 is 1.58 bits per heavy atom. The first-order valence-electron chi connectivity index (χ1n) is 9.84. The van der Waals surface area contributed by atoms with Crippen LogP contribution in [-0.2, 0) is 14.9 Å². The van der Waals surface area contributed by atoms with Crippen LogP contribution in [0.4, 0.5) is 0 Å². The van der Waals surface area contributed by atoms with Crippen LogP contribution in [0.2, 0.25) is 0 Å². The number of hydrogen-bond acceptors (Lipinski definition) is 6. The molecule has 156 valence electrons. The number of benzene rings is 2. The fourth-order valence-corrected chi connectivity index (χ4v) is 4.43. The third-order valence-corrected chi connectivity index (χ3v) is 6.07. The van der Waals surface area contributed by atoms with E-state index in [1.165, 1.54) is 11.3 Å². The lowest BCUT2D eigenvalue weighted by Crippen LogP contribution is -2.47. The van der Waals surface area contributed by atoms with Crippen LogP contribution in [0.5, 0.6) is 0 Å². The Bertz CT molecular complexity index is 1090. The number of nitrogens with zero attached hydrogens (tertiary/aromatic N) is 1. The number of ketones is 2. The van der Waals surface area contributed by atoms with E-state index in [1.54, 1.807) is 85.1 Å². The number of Topliss-reactive ketones (excluding diaryl/α,β-unsaturated/α-hetero) is 2. The van der Waals surface area contributed by atoms with Crippen molar-refractivity contribution in [3.05, 3.63) is 94.2 Å². The van der Waals surface area contributed by atoms with Gasteiger partial charge in [0, 0.05) is 22.4 Å². The smallest absolute Gasteiger partial charge is 0.332 e. The summed E-state index contributed by atoms with van der Waals surface area (Å²) in [4.78, 5) is 40.3. The lowest BCUT2D eigenvalue weighted by molar-refractivity contribution is -0.149. The maximum atomic E-state index is 13.6. The van der Waals surface area contributed by atoms with Gasteiger partial charge >= 0.3 is 5.97 Å². The Kier molecular flexibility index (Phi) is 7.11. The molecule has 0 aliphatic carbocycles. The molecule has 1 heterocycles. The molecule has 0 saturated heterocycles. The van der Waals surface area contributed by atoms with Crippen LogP contribution in [0.25, 0.3) is 0 Å². The molecule has 2 unspecified atom stereocenters. The van der Waals surface area contributed by atoms with Gasteiger partial charge in [0.15, 0.2) is 17.0 Å². The van der Waals surface area contributed by atoms with Gasteiger partial charge < -0.3 is 4.74 Å². The molecule has 1 aromatic heterocycles. The highest BCUT2D eigenvalue weighted by Gasteiger charge is 2.54. The van der Waals surface area contributed by atoms with Gasteiger partial charge in [-0.2, -0.15) is 5.26 Å². The molecule has 0 N–H and O–H groups in total. The average molecular weight is 432 g/mol. The molecule has 0 spiro atoms. The van der Waals surface area contributed by atoms with Crippen molar-refractivity contribution in [3.8, 4) is 6.07 Å². The molecular formula is C25H21NO4S. The van der Waals surface area contributed by atoms with Crippen molar-refractivity contribution in [2.24, 2.45) is 5.92 Å². The Morgan fingerprint density at radius 3 is 2.10 bits per heavy atom. The number of esters is 1. The number of hydrogen-bond donors (Lipinski definition) is 0. The Labute approximate surface area is 184 Å². The number of nitriles is 1. The van der Waals surface area contributed by atoms with Crippen molar-refractivity contribution in [2.45, 2.75) is 18.8 Å². The van der Waals surface area contributed by atoms with E-state index < -0.39 is 23.1 Å². The first kappa shape index (κ1) is 22.1. The minimum Gasteiger partial charge on any atom is -0.465 e. The number of carbonyl (C=O) groups excluding carboxylic acids is 3. The molecule has 0 amide bonds. The van der Waals surface area contributed by atoms with Gasteiger partial charge in [0.1, 0.15) is 0 Å². The van der Waals surface area contributed by atoms with Crippen molar-refractivity contribution in [2.75, 3.05) is 6.61 Å². The molecule has 0 radical (unpaired) electrons. The van der Waals surface area contributed by atoms with E-state index in [9.17, 15) is 19.6 Å². The molecule has 0 aliphatic rings. The van der Waals surface area contributed by atoms with Crippen LogP contribution < -0.4 is 0 Å². The highest BCUT2D eigenvalue weighted by Crippen LogP contribution is 2.40.